The van der Waals surface area contributed by atoms with Gasteiger partial charge in [0.15, 0.2) is 0 Å². The third kappa shape index (κ3) is 2.12. The summed E-state index contributed by atoms with van der Waals surface area (Å²) < 4.78 is 0. The maximum absolute atomic E-state index is 12.0. The number of amides is 1. The van der Waals surface area contributed by atoms with E-state index in [4.69, 9.17) is 5.21 Å². The smallest absolute Gasteiger partial charge is 0.269 e. The zero-order chi connectivity index (χ0) is 14.1. The fourth-order valence-electron chi connectivity index (χ4n) is 3.30. The molecule has 0 radical (unpaired) electrons. The van der Waals surface area contributed by atoms with E-state index in [1.54, 1.807) is 18.2 Å². The van der Waals surface area contributed by atoms with Gasteiger partial charge in [-0.15, -0.1) is 0 Å². The fraction of sp³-hybridized carbons (Fsp3) is 0.429. The highest BCUT2D eigenvalue weighted by Crippen LogP contribution is 2.42. The molecule has 3 rings (SSSR count). The number of phenols is 1. The highest BCUT2D eigenvalue weighted by Gasteiger charge is 2.45. The van der Waals surface area contributed by atoms with E-state index in [0.717, 1.165) is 25.0 Å². The summed E-state index contributed by atoms with van der Waals surface area (Å²) in [5, 5.41) is 22.1. The van der Waals surface area contributed by atoms with Crippen LogP contribution in [0.2, 0.25) is 0 Å². The van der Waals surface area contributed by atoms with E-state index in [-0.39, 0.29) is 17.4 Å². The van der Waals surface area contributed by atoms with Crippen LogP contribution in [0.4, 0.5) is 0 Å². The normalized spacial score (nSPS) is 29.8. The summed E-state index contributed by atoms with van der Waals surface area (Å²) in [6.45, 7) is 0. The first-order valence-electron chi connectivity index (χ1n) is 6.76. The summed E-state index contributed by atoms with van der Waals surface area (Å²) >= 11 is 0. The molecular formula is C14H17N3O3. The molecule has 6 heteroatoms. The van der Waals surface area contributed by atoms with Gasteiger partial charge in [0.25, 0.3) is 5.91 Å². The lowest BCUT2D eigenvalue weighted by atomic mass is 9.94. The summed E-state index contributed by atoms with van der Waals surface area (Å²) in [5.74, 6) is 0.263. The average Bonchev–Trinajstić information content (AvgIpc) is 3.05. The highest BCUT2D eigenvalue weighted by atomic mass is 16.4. The number of carbonyl (C=O) groups excluding carboxylic acids is 1. The number of hydrogen-bond donors (Lipinski definition) is 4. The number of fused-ring (bicyclic) bond motifs is 2. The van der Waals surface area contributed by atoms with Gasteiger partial charge >= 0.3 is 0 Å². The first-order chi connectivity index (χ1) is 9.70. The van der Waals surface area contributed by atoms with Crippen molar-refractivity contribution < 1.29 is 15.1 Å². The lowest BCUT2D eigenvalue weighted by Crippen LogP contribution is -2.50. The Morgan fingerprint density at radius 3 is 2.85 bits per heavy atom. The molecule has 1 aromatic carbocycles. The van der Waals surface area contributed by atoms with Crippen molar-refractivity contribution in [3.8, 4) is 5.75 Å². The van der Waals surface area contributed by atoms with Gasteiger partial charge in [0.2, 0.25) is 0 Å². The fourth-order valence-corrected chi connectivity index (χ4v) is 3.30. The summed E-state index contributed by atoms with van der Waals surface area (Å²) in [7, 11) is 0. The molecule has 4 N–H and O–H groups in total. The molecule has 2 aliphatic rings. The number of nitrogens with zero attached hydrogens (tertiary/aromatic N) is 1. The molecule has 2 fully saturated rings. The monoisotopic (exact) mass is 275 g/mol. The highest BCUT2D eigenvalue weighted by molar-refractivity contribution is 5.98. The summed E-state index contributed by atoms with van der Waals surface area (Å²) in [6, 6.07) is 6.24. The van der Waals surface area contributed by atoms with Crippen LogP contribution in [0.5, 0.6) is 5.75 Å². The number of para-hydroxylation sites is 1. The van der Waals surface area contributed by atoms with Crippen LogP contribution in [0, 0.1) is 11.8 Å². The number of nitrogens with one attached hydrogen (secondary N) is 2. The number of hydrazine groups is 1. The van der Waals surface area contributed by atoms with Crippen molar-refractivity contribution in [2.45, 2.75) is 25.3 Å². The van der Waals surface area contributed by atoms with E-state index >= 15 is 0 Å². The van der Waals surface area contributed by atoms with E-state index in [1.807, 2.05) is 0 Å². The van der Waals surface area contributed by atoms with Gasteiger partial charge in [-0.3, -0.25) is 10.2 Å². The van der Waals surface area contributed by atoms with Crippen LogP contribution in [-0.4, -0.2) is 28.0 Å². The standard InChI is InChI=1S/C14H17N3O3/c18-11-4-2-1-3-10(11)14(19)16-15-12-8-5-6-9(7-8)13(12)17-20/h1-4,8-9,12,15,18,20H,5-7H2,(H,16,19)/b17-13+/t8-,9-,12-/m0/s1. The lowest BCUT2D eigenvalue weighted by molar-refractivity contribution is 0.0923. The Morgan fingerprint density at radius 2 is 2.10 bits per heavy atom. The van der Waals surface area contributed by atoms with Gasteiger partial charge in [0, 0.05) is 5.92 Å². The largest absolute Gasteiger partial charge is 0.507 e. The molecule has 20 heavy (non-hydrogen) atoms. The minimum Gasteiger partial charge on any atom is -0.507 e. The minimum absolute atomic E-state index is 0.0595. The number of hydrogen-bond acceptors (Lipinski definition) is 5. The number of benzene rings is 1. The Bertz CT molecular complexity index is 558. The van der Waals surface area contributed by atoms with Crippen LogP contribution in [0.15, 0.2) is 29.4 Å². The molecule has 0 unspecified atom stereocenters. The van der Waals surface area contributed by atoms with Crippen LogP contribution in [0.3, 0.4) is 0 Å². The summed E-state index contributed by atoms with van der Waals surface area (Å²) in [6.07, 6.45) is 3.13. The molecule has 6 nitrogen and oxygen atoms in total. The second-order valence-corrected chi connectivity index (χ2v) is 5.39. The number of oxime groups is 1. The molecule has 0 saturated heterocycles. The van der Waals surface area contributed by atoms with Crippen LogP contribution < -0.4 is 10.9 Å². The van der Waals surface area contributed by atoms with Gasteiger partial charge in [-0.2, -0.15) is 0 Å². The molecule has 0 spiro atoms. The molecule has 3 atom stereocenters. The topological polar surface area (TPSA) is 94.0 Å². The zero-order valence-corrected chi connectivity index (χ0v) is 10.9. The molecule has 0 aliphatic heterocycles. The Hall–Kier alpha value is -2.08. The minimum atomic E-state index is -0.400. The first kappa shape index (κ1) is 12.9. The molecule has 0 aromatic heterocycles. The predicted octanol–water partition coefficient (Wildman–Crippen LogP) is 1.26. The van der Waals surface area contributed by atoms with Crippen molar-refractivity contribution >= 4 is 11.6 Å². The van der Waals surface area contributed by atoms with E-state index in [0.29, 0.717) is 11.8 Å². The molecule has 106 valence electrons. The molecule has 0 heterocycles. The predicted molar refractivity (Wildman–Crippen MR) is 72.5 cm³/mol. The van der Waals surface area contributed by atoms with Gasteiger partial charge in [-0.25, -0.2) is 5.43 Å². The van der Waals surface area contributed by atoms with Crippen molar-refractivity contribution in [1.29, 1.82) is 0 Å². The van der Waals surface area contributed by atoms with Crippen molar-refractivity contribution in [2.24, 2.45) is 17.0 Å². The van der Waals surface area contributed by atoms with Crippen molar-refractivity contribution in [3.05, 3.63) is 29.8 Å². The maximum Gasteiger partial charge on any atom is 0.269 e. The Balaban J connectivity index is 1.65. The van der Waals surface area contributed by atoms with Crippen LogP contribution in [0.25, 0.3) is 0 Å². The SMILES string of the molecule is O=C(NN[C@@H]1/C(=N/O)[C@H]2CC[C@H]1C2)c1ccccc1O. The van der Waals surface area contributed by atoms with E-state index < -0.39 is 5.91 Å². The van der Waals surface area contributed by atoms with E-state index in [1.165, 1.54) is 6.07 Å². The number of rotatable bonds is 3. The third-order valence-electron chi connectivity index (χ3n) is 4.29. The van der Waals surface area contributed by atoms with Crippen molar-refractivity contribution in [1.82, 2.24) is 10.9 Å². The molecule has 2 saturated carbocycles. The van der Waals surface area contributed by atoms with Crippen molar-refractivity contribution in [3.63, 3.8) is 0 Å². The van der Waals surface area contributed by atoms with Gasteiger partial charge in [0.05, 0.1) is 17.3 Å². The molecule has 2 aliphatic carbocycles. The maximum atomic E-state index is 12.0. The van der Waals surface area contributed by atoms with Crippen molar-refractivity contribution in [2.75, 3.05) is 0 Å². The van der Waals surface area contributed by atoms with Crippen LogP contribution in [-0.2, 0) is 0 Å². The second-order valence-electron chi connectivity index (χ2n) is 5.39. The molecular weight excluding hydrogens is 258 g/mol. The summed E-state index contributed by atoms with van der Waals surface area (Å²) in [4.78, 5) is 12.0. The Labute approximate surface area is 116 Å². The molecule has 1 aromatic rings. The van der Waals surface area contributed by atoms with E-state index in [9.17, 15) is 9.90 Å². The summed E-state index contributed by atoms with van der Waals surface area (Å²) in [5.41, 5.74) is 6.46. The van der Waals surface area contributed by atoms with Gasteiger partial charge in [0.1, 0.15) is 5.75 Å². The Morgan fingerprint density at radius 1 is 1.30 bits per heavy atom. The van der Waals surface area contributed by atoms with Gasteiger partial charge in [-0.1, -0.05) is 17.3 Å². The van der Waals surface area contributed by atoms with Gasteiger partial charge in [-0.05, 0) is 37.3 Å². The molecule has 2 bridgehead atoms. The average molecular weight is 275 g/mol. The molecule has 1 amide bonds. The number of carbonyl (C=O) groups is 1. The zero-order valence-electron chi connectivity index (χ0n) is 10.9. The number of aromatic hydroxyl groups is 1. The Kier molecular flexibility index (Phi) is 3.31. The van der Waals surface area contributed by atoms with E-state index in [2.05, 4.69) is 16.0 Å². The first-order valence-corrected chi connectivity index (χ1v) is 6.76. The van der Waals surface area contributed by atoms with Crippen LogP contribution >= 0.6 is 0 Å². The lowest BCUT2D eigenvalue weighted by Gasteiger charge is -2.24. The quantitative estimate of drug-likeness (QED) is 0.493. The number of phenolic OH excluding ortho intramolecular Hbond substituents is 1. The van der Waals surface area contributed by atoms with Gasteiger partial charge < -0.3 is 10.3 Å². The second kappa shape index (κ2) is 5.13. The van der Waals surface area contributed by atoms with Crippen LogP contribution in [0.1, 0.15) is 29.6 Å². The third-order valence-corrected chi connectivity index (χ3v) is 4.29.